The standard InChI is InChI=1S/C15H24N2O2S/c1-6-14-8-7-13(10-16-4)9-15(14)20(18,19)17(5)11-12(2)3/h7-9,16H,2,6,10-11H2,1,3-5H3. The van der Waals surface area contributed by atoms with Crippen molar-refractivity contribution in [1.82, 2.24) is 9.62 Å². The molecule has 0 aliphatic carbocycles. The van der Waals surface area contributed by atoms with Gasteiger partial charge in [-0.3, -0.25) is 0 Å². The molecule has 20 heavy (non-hydrogen) atoms. The van der Waals surface area contributed by atoms with Crippen LogP contribution < -0.4 is 5.32 Å². The smallest absolute Gasteiger partial charge is 0.243 e. The van der Waals surface area contributed by atoms with Gasteiger partial charge in [0.25, 0.3) is 0 Å². The molecule has 0 aliphatic rings. The van der Waals surface area contributed by atoms with E-state index in [0.717, 1.165) is 16.7 Å². The first-order valence-electron chi connectivity index (χ1n) is 6.70. The largest absolute Gasteiger partial charge is 0.316 e. The summed E-state index contributed by atoms with van der Waals surface area (Å²) >= 11 is 0. The molecule has 1 N–H and O–H groups in total. The average molecular weight is 296 g/mol. The van der Waals surface area contributed by atoms with Gasteiger partial charge >= 0.3 is 0 Å². The third-order valence-electron chi connectivity index (χ3n) is 3.07. The number of sulfonamides is 1. The Balaban J connectivity index is 3.27. The molecule has 0 unspecified atom stereocenters. The lowest BCUT2D eigenvalue weighted by Crippen LogP contribution is -2.29. The van der Waals surface area contributed by atoms with Gasteiger partial charge in [-0.15, -0.1) is 0 Å². The Morgan fingerprint density at radius 1 is 1.40 bits per heavy atom. The topological polar surface area (TPSA) is 49.4 Å². The molecule has 0 radical (unpaired) electrons. The van der Waals surface area contributed by atoms with E-state index in [1.807, 2.05) is 33.0 Å². The Hall–Kier alpha value is -1.17. The number of hydrogen-bond donors (Lipinski definition) is 1. The summed E-state index contributed by atoms with van der Waals surface area (Å²) in [6, 6.07) is 5.63. The summed E-state index contributed by atoms with van der Waals surface area (Å²) in [5.74, 6) is 0. The Morgan fingerprint density at radius 3 is 2.55 bits per heavy atom. The quantitative estimate of drug-likeness (QED) is 0.785. The predicted octanol–water partition coefficient (Wildman–Crippen LogP) is 2.17. The highest BCUT2D eigenvalue weighted by atomic mass is 32.2. The van der Waals surface area contributed by atoms with Crippen LogP contribution in [0.3, 0.4) is 0 Å². The first-order chi connectivity index (χ1) is 9.32. The van der Waals surface area contributed by atoms with E-state index >= 15 is 0 Å². The Bertz CT molecular complexity index is 580. The van der Waals surface area contributed by atoms with E-state index in [1.54, 1.807) is 13.1 Å². The second-order valence-corrected chi connectivity index (χ2v) is 7.06. The van der Waals surface area contributed by atoms with Crippen LogP contribution in [0.5, 0.6) is 0 Å². The normalized spacial score (nSPS) is 11.8. The van der Waals surface area contributed by atoms with Crippen LogP contribution in [0.2, 0.25) is 0 Å². The highest BCUT2D eigenvalue weighted by Gasteiger charge is 2.23. The zero-order chi connectivity index (χ0) is 15.3. The summed E-state index contributed by atoms with van der Waals surface area (Å²) in [5, 5.41) is 3.04. The lowest BCUT2D eigenvalue weighted by atomic mass is 10.1. The first-order valence-corrected chi connectivity index (χ1v) is 8.14. The fourth-order valence-corrected chi connectivity index (χ4v) is 3.65. The maximum Gasteiger partial charge on any atom is 0.243 e. The minimum absolute atomic E-state index is 0.335. The van der Waals surface area contributed by atoms with Crippen molar-refractivity contribution in [1.29, 1.82) is 0 Å². The third kappa shape index (κ3) is 3.91. The van der Waals surface area contributed by atoms with Gasteiger partial charge in [0.2, 0.25) is 10.0 Å². The van der Waals surface area contributed by atoms with Gasteiger partial charge < -0.3 is 5.32 Å². The number of likely N-dealkylation sites (N-methyl/N-ethyl adjacent to an activating group) is 1. The molecule has 0 fully saturated rings. The van der Waals surface area contributed by atoms with Gasteiger partial charge in [0.15, 0.2) is 0 Å². The van der Waals surface area contributed by atoms with Gasteiger partial charge in [0.1, 0.15) is 0 Å². The lowest BCUT2D eigenvalue weighted by Gasteiger charge is -2.20. The summed E-state index contributed by atoms with van der Waals surface area (Å²) in [5.41, 5.74) is 2.63. The van der Waals surface area contributed by atoms with Crippen molar-refractivity contribution >= 4 is 10.0 Å². The molecule has 0 aromatic heterocycles. The molecule has 5 heteroatoms. The van der Waals surface area contributed by atoms with Gasteiger partial charge in [-0.2, -0.15) is 4.31 Å². The maximum absolute atomic E-state index is 12.7. The molecule has 0 saturated carbocycles. The average Bonchev–Trinajstić information content (AvgIpc) is 2.38. The number of rotatable bonds is 7. The summed E-state index contributed by atoms with van der Waals surface area (Å²) in [7, 11) is -0.0391. The van der Waals surface area contributed by atoms with Crippen molar-refractivity contribution in [3.05, 3.63) is 41.5 Å². The van der Waals surface area contributed by atoms with Crippen molar-refractivity contribution in [2.45, 2.75) is 31.7 Å². The minimum Gasteiger partial charge on any atom is -0.316 e. The molecule has 0 saturated heterocycles. The molecule has 0 spiro atoms. The van der Waals surface area contributed by atoms with Gasteiger partial charge in [0.05, 0.1) is 4.90 Å². The van der Waals surface area contributed by atoms with Crippen LogP contribution in [0, 0.1) is 0 Å². The molecule has 0 heterocycles. The number of nitrogens with zero attached hydrogens (tertiary/aromatic N) is 1. The van der Waals surface area contributed by atoms with Crippen LogP contribution in [-0.2, 0) is 23.0 Å². The molecule has 4 nitrogen and oxygen atoms in total. The van der Waals surface area contributed by atoms with Gasteiger partial charge in [-0.25, -0.2) is 8.42 Å². The summed E-state index contributed by atoms with van der Waals surface area (Å²) in [4.78, 5) is 0.400. The molecule has 1 aromatic carbocycles. The van der Waals surface area contributed by atoms with E-state index in [4.69, 9.17) is 0 Å². The van der Waals surface area contributed by atoms with Crippen LogP contribution in [-0.4, -0.2) is 33.4 Å². The molecular formula is C15H24N2O2S. The molecule has 0 amide bonds. The highest BCUT2D eigenvalue weighted by Crippen LogP contribution is 2.22. The van der Waals surface area contributed by atoms with E-state index < -0.39 is 10.0 Å². The van der Waals surface area contributed by atoms with E-state index in [2.05, 4.69) is 11.9 Å². The van der Waals surface area contributed by atoms with Crippen molar-refractivity contribution < 1.29 is 8.42 Å². The molecule has 0 bridgehead atoms. The van der Waals surface area contributed by atoms with Crippen LogP contribution in [0.1, 0.15) is 25.0 Å². The second kappa shape index (κ2) is 7.02. The number of hydrogen-bond acceptors (Lipinski definition) is 3. The molecule has 112 valence electrons. The number of aryl methyl sites for hydroxylation is 1. The van der Waals surface area contributed by atoms with Crippen LogP contribution in [0.4, 0.5) is 0 Å². The molecular weight excluding hydrogens is 272 g/mol. The Labute approximate surface area is 122 Å². The molecule has 0 aliphatic heterocycles. The lowest BCUT2D eigenvalue weighted by molar-refractivity contribution is 0.492. The maximum atomic E-state index is 12.7. The van der Waals surface area contributed by atoms with Crippen LogP contribution in [0.25, 0.3) is 0 Å². The van der Waals surface area contributed by atoms with Crippen molar-refractivity contribution in [3.8, 4) is 0 Å². The third-order valence-corrected chi connectivity index (χ3v) is 4.96. The van der Waals surface area contributed by atoms with E-state index in [9.17, 15) is 8.42 Å². The van der Waals surface area contributed by atoms with Gasteiger partial charge in [-0.05, 0) is 37.6 Å². The predicted molar refractivity (Wildman–Crippen MR) is 83.2 cm³/mol. The minimum atomic E-state index is -3.47. The molecule has 0 atom stereocenters. The first kappa shape index (κ1) is 16.9. The summed E-state index contributed by atoms with van der Waals surface area (Å²) < 4.78 is 26.7. The highest BCUT2D eigenvalue weighted by molar-refractivity contribution is 7.89. The number of benzene rings is 1. The SMILES string of the molecule is C=C(C)CN(C)S(=O)(=O)c1cc(CNC)ccc1CC. The van der Waals surface area contributed by atoms with Gasteiger partial charge in [0, 0.05) is 20.1 Å². The van der Waals surface area contributed by atoms with Crippen molar-refractivity contribution in [3.63, 3.8) is 0 Å². The fraction of sp³-hybridized carbons (Fsp3) is 0.467. The zero-order valence-electron chi connectivity index (χ0n) is 12.7. The summed E-state index contributed by atoms with van der Waals surface area (Å²) in [6.45, 7) is 8.55. The second-order valence-electron chi connectivity index (χ2n) is 5.04. The number of nitrogens with one attached hydrogen (secondary N) is 1. The summed E-state index contributed by atoms with van der Waals surface area (Å²) in [6.07, 6.45) is 0.690. The monoisotopic (exact) mass is 296 g/mol. The van der Waals surface area contributed by atoms with Crippen molar-refractivity contribution in [2.75, 3.05) is 20.6 Å². The van der Waals surface area contributed by atoms with E-state index in [0.29, 0.717) is 24.4 Å². The van der Waals surface area contributed by atoms with Crippen LogP contribution >= 0.6 is 0 Å². The Kier molecular flexibility index (Phi) is 5.92. The van der Waals surface area contributed by atoms with Crippen molar-refractivity contribution in [2.24, 2.45) is 0 Å². The Morgan fingerprint density at radius 2 is 2.05 bits per heavy atom. The molecule has 1 aromatic rings. The zero-order valence-corrected chi connectivity index (χ0v) is 13.5. The van der Waals surface area contributed by atoms with Gasteiger partial charge in [-0.1, -0.05) is 31.2 Å². The van der Waals surface area contributed by atoms with E-state index in [-0.39, 0.29) is 0 Å². The van der Waals surface area contributed by atoms with E-state index in [1.165, 1.54) is 4.31 Å². The fourth-order valence-electron chi connectivity index (χ4n) is 2.08. The molecule has 1 rings (SSSR count). The van der Waals surface area contributed by atoms with Crippen LogP contribution in [0.15, 0.2) is 35.2 Å².